The Balaban J connectivity index is 1.40. The van der Waals surface area contributed by atoms with Crippen molar-refractivity contribution in [2.45, 2.75) is 18.9 Å². The summed E-state index contributed by atoms with van der Waals surface area (Å²) >= 11 is 0. The normalized spacial score (nSPS) is 21.4. The van der Waals surface area contributed by atoms with Gasteiger partial charge in [0.1, 0.15) is 5.58 Å². The number of hydrogen-bond acceptors (Lipinski definition) is 6. The molecule has 2 aromatic heterocycles. The average molecular weight is 391 g/mol. The number of anilines is 2. The van der Waals surface area contributed by atoms with Gasteiger partial charge in [-0.05, 0) is 30.9 Å². The van der Waals surface area contributed by atoms with Crippen molar-refractivity contribution in [3.8, 4) is 0 Å². The van der Waals surface area contributed by atoms with Gasteiger partial charge in [-0.1, -0.05) is 18.2 Å². The highest BCUT2D eigenvalue weighted by molar-refractivity contribution is 5.96. The number of hydrogen-bond donors (Lipinski definition) is 0. The fourth-order valence-electron chi connectivity index (χ4n) is 4.68. The lowest BCUT2D eigenvalue weighted by atomic mass is 9.92. The fraction of sp³-hybridized carbons (Fsp3) is 0.409. The molecule has 7 heteroatoms. The minimum Gasteiger partial charge on any atom is -0.451 e. The number of aromatic nitrogens is 2. The van der Waals surface area contributed by atoms with Crippen molar-refractivity contribution in [1.82, 2.24) is 14.9 Å². The molecule has 29 heavy (non-hydrogen) atoms. The number of carbonyl (C=O) groups excluding carboxylic acids is 1. The van der Waals surface area contributed by atoms with Gasteiger partial charge in [0.05, 0.1) is 6.04 Å². The van der Waals surface area contributed by atoms with Gasteiger partial charge in [-0.15, -0.1) is 0 Å². The molecule has 2 unspecified atom stereocenters. The molecule has 2 atom stereocenters. The Morgan fingerprint density at radius 2 is 1.93 bits per heavy atom. The van der Waals surface area contributed by atoms with Gasteiger partial charge < -0.3 is 19.1 Å². The SMILES string of the molecule is CN(C)c1nccnc1N1CCC2CCN(C(=O)c3cc4ccccc4o3)C2C1. The number of nitrogens with zero attached hydrogens (tertiary/aromatic N) is 5. The molecule has 7 nitrogen and oxygen atoms in total. The van der Waals surface area contributed by atoms with Crippen LogP contribution in [0.3, 0.4) is 0 Å². The molecule has 0 saturated carbocycles. The number of amides is 1. The standard InChI is InChI=1S/C22H25N5O2/c1-25(2)20-21(24-10-9-23-20)26-11-7-15-8-12-27(17(15)14-26)22(28)19-13-16-5-3-4-6-18(16)29-19/h3-6,9-10,13,15,17H,7-8,11-12,14H2,1-2H3. The summed E-state index contributed by atoms with van der Waals surface area (Å²) in [5, 5.41) is 0.965. The molecule has 150 valence electrons. The summed E-state index contributed by atoms with van der Waals surface area (Å²) in [7, 11) is 3.96. The van der Waals surface area contributed by atoms with E-state index < -0.39 is 0 Å². The average Bonchev–Trinajstić information content (AvgIpc) is 3.37. The Morgan fingerprint density at radius 1 is 1.14 bits per heavy atom. The van der Waals surface area contributed by atoms with Gasteiger partial charge in [-0.3, -0.25) is 4.79 Å². The quantitative estimate of drug-likeness (QED) is 0.684. The third kappa shape index (κ3) is 3.10. The van der Waals surface area contributed by atoms with E-state index in [-0.39, 0.29) is 11.9 Å². The van der Waals surface area contributed by atoms with E-state index in [4.69, 9.17) is 4.42 Å². The van der Waals surface area contributed by atoms with E-state index in [2.05, 4.69) is 14.9 Å². The van der Waals surface area contributed by atoms with Crippen molar-refractivity contribution >= 4 is 28.5 Å². The first-order valence-electron chi connectivity index (χ1n) is 10.1. The largest absolute Gasteiger partial charge is 0.451 e. The number of fused-ring (bicyclic) bond motifs is 2. The van der Waals surface area contributed by atoms with Crippen LogP contribution in [0.15, 0.2) is 47.1 Å². The van der Waals surface area contributed by atoms with Crippen molar-refractivity contribution < 1.29 is 9.21 Å². The van der Waals surface area contributed by atoms with Gasteiger partial charge in [0, 0.05) is 51.5 Å². The molecule has 1 amide bonds. The van der Waals surface area contributed by atoms with Gasteiger partial charge >= 0.3 is 0 Å². The van der Waals surface area contributed by atoms with Crippen LogP contribution in [0, 0.1) is 5.92 Å². The molecular weight excluding hydrogens is 366 g/mol. The molecule has 2 aliphatic rings. The van der Waals surface area contributed by atoms with Gasteiger partial charge in [0.25, 0.3) is 5.91 Å². The smallest absolute Gasteiger partial charge is 0.289 e. The molecule has 0 aliphatic carbocycles. The van der Waals surface area contributed by atoms with E-state index in [1.165, 1.54) is 0 Å². The molecule has 3 aromatic rings. The van der Waals surface area contributed by atoms with E-state index in [0.29, 0.717) is 11.7 Å². The Bertz CT molecular complexity index is 1010. The van der Waals surface area contributed by atoms with Crippen molar-refractivity contribution in [1.29, 1.82) is 0 Å². The summed E-state index contributed by atoms with van der Waals surface area (Å²) in [6.45, 7) is 2.49. The third-order valence-corrected chi connectivity index (χ3v) is 6.14. The van der Waals surface area contributed by atoms with Crippen LogP contribution in [-0.4, -0.2) is 60.5 Å². The maximum Gasteiger partial charge on any atom is 0.289 e. The topological polar surface area (TPSA) is 65.7 Å². The van der Waals surface area contributed by atoms with Crippen LogP contribution in [-0.2, 0) is 0 Å². The van der Waals surface area contributed by atoms with E-state index in [1.54, 1.807) is 12.4 Å². The molecule has 0 radical (unpaired) electrons. The summed E-state index contributed by atoms with van der Waals surface area (Å²) in [5.41, 5.74) is 0.757. The second-order valence-electron chi connectivity index (χ2n) is 8.10. The lowest BCUT2D eigenvalue weighted by molar-refractivity contribution is 0.0682. The second kappa shape index (κ2) is 7.06. The Labute approximate surface area is 169 Å². The molecule has 0 spiro atoms. The monoisotopic (exact) mass is 391 g/mol. The molecule has 0 N–H and O–H groups in total. The highest BCUT2D eigenvalue weighted by Crippen LogP contribution is 2.36. The van der Waals surface area contributed by atoms with E-state index in [0.717, 1.165) is 55.1 Å². The number of piperidine rings is 1. The number of benzene rings is 1. The van der Waals surface area contributed by atoms with Gasteiger partial charge in [0.2, 0.25) is 0 Å². The minimum absolute atomic E-state index is 0.0115. The molecule has 2 aliphatic heterocycles. The summed E-state index contributed by atoms with van der Waals surface area (Å²) < 4.78 is 5.85. The molecule has 5 rings (SSSR count). The predicted octanol–water partition coefficient (Wildman–Crippen LogP) is 3.03. The second-order valence-corrected chi connectivity index (χ2v) is 8.10. The van der Waals surface area contributed by atoms with Crippen LogP contribution in [0.2, 0.25) is 0 Å². The van der Waals surface area contributed by atoms with Crippen LogP contribution in [0.25, 0.3) is 11.0 Å². The predicted molar refractivity (Wildman–Crippen MR) is 112 cm³/mol. The van der Waals surface area contributed by atoms with E-state index in [9.17, 15) is 4.79 Å². The van der Waals surface area contributed by atoms with Crippen molar-refractivity contribution in [2.24, 2.45) is 5.92 Å². The molecule has 2 saturated heterocycles. The van der Waals surface area contributed by atoms with Gasteiger partial charge in [-0.25, -0.2) is 9.97 Å². The Hall–Kier alpha value is -3.09. The number of rotatable bonds is 3. The lowest BCUT2D eigenvalue weighted by Crippen LogP contribution is -2.50. The van der Waals surface area contributed by atoms with Gasteiger partial charge in [-0.2, -0.15) is 0 Å². The first-order chi connectivity index (χ1) is 14.1. The highest BCUT2D eigenvalue weighted by Gasteiger charge is 2.42. The number of carbonyl (C=O) groups is 1. The van der Waals surface area contributed by atoms with Crippen LogP contribution in [0.1, 0.15) is 23.4 Å². The van der Waals surface area contributed by atoms with Crippen LogP contribution < -0.4 is 9.80 Å². The summed E-state index contributed by atoms with van der Waals surface area (Å²) in [5.74, 6) is 2.69. The highest BCUT2D eigenvalue weighted by atomic mass is 16.3. The van der Waals surface area contributed by atoms with E-state index in [1.807, 2.05) is 54.2 Å². The van der Waals surface area contributed by atoms with Crippen LogP contribution in [0.5, 0.6) is 0 Å². The Kier molecular flexibility index (Phi) is 4.38. The maximum atomic E-state index is 13.3. The van der Waals surface area contributed by atoms with Crippen molar-refractivity contribution in [2.75, 3.05) is 43.5 Å². The van der Waals surface area contributed by atoms with Crippen LogP contribution >= 0.6 is 0 Å². The summed E-state index contributed by atoms with van der Waals surface area (Å²) in [6, 6.07) is 9.79. The fourth-order valence-corrected chi connectivity index (χ4v) is 4.68. The van der Waals surface area contributed by atoms with Crippen molar-refractivity contribution in [3.05, 3.63) is 48.5 Å². The van der Waals surface area contributed by atoms with Crippen LogP contribution in [0.4, 0.5) is 11.6 Å². The summed E-state index contributed by atoms with van der Waals surface area (Å²) in [6.07, 6.45) is 5.56. The van der Waals surface area contributed by atoms with E-state index >= 15 is 0 Å². The molecule has 4 heterocycles. The zero-order chi connectivity index (χ0) is 20.0. The third-order valence-electron chi connectivity index (χ3n) is 6.14. The number of para-hydroxylation sites is 1. The Morgan fingerprint density at radius 3 is 2.76 bits per heavy atom. The maximum absolute atomic E-state index is 13.3. The number of furan rings is 1. The first-order valence-corrected chi connectivity index (χ1v) is 10.1. The first kappa shape index (κ1) is 18.0. The zero-order valence-corrected chi connectivity index (χ0v) is 16.8. The minimum atomic E-state index is -0.0115. The zero-order valence-electron chi connectivity index (χ0n) is 16.8. The number of likely N-dealkylation sites (tertiary alicyclic amines) is 1. The van der Waals surface area contributed by atoms with Crippen molar-refractivity contribution in [3.63, 3.8) is 0 Å². The molecule has 0 bridgehead atoms. The van der Waals surface area contributed by atoms with Gasteiger partial charge in [0.15, 0.2) is 17.4 Å². The summed E-state index contributed by atoms with van der Waals surface area (Å²) in [4.78, 5) is 28.6. The lowest BCUT2D eigenvalue weighted by Gasteiger charge is -2.39. The molecule has 1 aromatic carbocycles. The molecular formula is C22H25N5O2. The molecule has 2 fully saturated rings.